The minimum atomic E-state index is -0.759. The van der Waals surface area contributed by atoms with Crippen LogP contribution in [0.3, 0.4) is 0 Å². The van der Waals surface area contributed by atoms with Crippen molar-refractivity contribution in [3.8, 4) is 0 Å². The molecule has 170 valence electrons. The number of carbonyl (C=O) groups is 4. The largest absolute Gasteiger partial charge is 0.292 e. The molecule has 9 heteroatoms. The van der Waals surface area contributed by atoms with Gasteiger partial charge in [0.2, 0.25) is 0 Å². The van der Waals surface area contributed by atoms with Crippen LogP contribution in [-0.2, 0) is 9.59 Å². The van der Waals surface area contributed by atoms with E-state index in [-0.39, 0.29) is 27.1 Å². The van der Waals surface area contributed by atoms with Gasteiger partial charge in [0.15, 0.2) is 5.78 Å². The number of amides is 3. The second-order valence-corrected chi connectivity index (χ2v) is 8.88. The monoisotopic (exact) mass is 488 g/mol. The molecular weight excluding hydrogens is 470 g/mol. The quantitative estimate of drug-likeness (QED) is 0.351. The Hall–Kier alpha value is -3.03. The van der Waals surface area contributed by atoms with E-state index in [0.717, 1.165) is 22.2 Å². The summed E-state index contributed by atoms with van der Waals surface area (Å²) < 4.78 is 13.3. The molecular formula is C24H19Cl2FN2O4. The number of carbonyl (C=O) groups excluding carboxylic acids is 4. The van der Waals surface area contributed by atoms with Crippen molar-refractivity contribution >= 4 is 46.7 Å². The van der Waals surface area contributed by atoms with Crippen molar-refractivity contribution in [1.82, 2.24) is 10.0 Å². The van der Waals surface area contributed by atoms with Gasteiger partial charge in [-0.2, -0.15) is 5.01 Å². The smallest absolute Gasteiger partial charge is 0.273 e. The summed E-state index contributed by atoms with van der Waals surface area (Å²) in [6.45, 7) is 1.24. The van der Waals surface area contributed by atoms with Crippen LogP contribution in [0.4, 0.5) is 4.39 Å². The summed E-state index contributed by atoms with van der Waals surface area (Å²) in [5.41, 5.74) is 0.188. The van der Waals surface area contributed by atoms with Crippen molar-refractivity contribution in [3.63, 3.8) is 0 Å². The van der Waals surface area contributed by atoms with Crippen molar-refractivity contribution in [2.24, 2.45) is 17.8 Å². The number of allylic oxidation sites excluding steroid dienone is 2. The Morgan fingerprint density at radius 2 is 1.70 bits per heavy atom. The van der Waals surface area contributed by atoms with Crippen molar-refractivity contribution in [2.45, 2.75) is 13.3 Å². The zero-order valence-corrected chi connectivity index (χ0v) is 19.0. The maximum atomic E-state index is 13.4. The molecule has 33 heavy (non-hydrogen) atoms. The molecule has 1 heterocycles. The molecule has 1 saturated heterocycles. The van der Waals surface area contributed by atoms with E-state index in [1.54, 1.807) is 0 Å². The van der Waals surface area contributed by atoms with E-state index < -0.39 is 47.7 Å². The molecule has 0 bridgehead atoms. The topological polar surface area (TPSA) is 74.8 Å². The number of halogens is 3. The highest BCUT2D eigenvalue weighted by Gasteiger charge is 2.53. The molecule has 4 rings (SSSR count). The third-order valence-electron chi connectivity index (χ3n) is 5.95. The number of imide groups is 1. The van der Waals surface area contributed by atoms with Gasteiger partial charge in [-0.05, 0) is 54.8 Å². The molecule has 6 nitrogen and oxygen atoms in total. The van der Waals surface area contributed by atoms with Crippen LogP contribution in [-0.4, -0.2) is 40.1 Å². The highest BCUT2D eigenvalue weighted by Crippen LogP contribution is 2.39. The van der Waals surface area contributed by atoms with E-state index in [0.29, 0.717) is 6.42 Å². The molecule has 0 unspecified atom stereocenters. The van der Waals surface area contributed by atoms with Gasteiger partial charge in [-0.25, -0.2) is 9.40 Å². The zero-order chi connectivity index (χ0) is 23.9. The van der Waals surface area contributed by atoms with Gasteiger partial charge in [0.1, 0.15) is 12.4 Å². The van der Waals surface area contributed by atoms with Crippen molar-refractivity contribution < 1.29 is 23.6 Å². The maximum absolute atomic E-state index is 13.4. The number of Topliss-reactive ketones (excluding diaryl/α,β-unsaturated/α-hetero) is 1. The first kappa shape index (κ1) is 23.1. The fraction of sp³-hybridized carbons (Fsp3) is 0.250. The predicted molar refractivity (Wildman–Crippen MR) is 120 cm³/mol. The molecule has 1 fully saturated rings. The second kappa shape index (κ2) is 9.08. The molecule has 2 aromatic rings. The molecule has 0 spiro atoms. The third-order valence-corrected chi connectivity index (χ3v) is 6.69. The van der Waals surface area contributed by atoms with E-state index in [2.05, 4.69) is 0 Å². The van der Waals surface area contributed by atoms with Gasteiger partial charge >= 0.3 is 0 Å². The zero-order valence-electron chi connectivity index (χ0n) is 17.5. The van der Waals surface area contributed by atoms with Crippen LogP contribution in [0, 0.1) is 23.6 Å². The molecule has 2 aliphatic rings. The van der Waals surface area contributed by atoms with Gasteiger partial charge in [-0.3, -0.25) is 19.2 Å². The average molecular weight is 489 g/mol. The molecule has 0 N–H and O–H groups in total. The van der Waals surface area contributed by atoms with Crippen molar-refractivity contribution in [2.75, 3.05) is 6.54 Å². The number of hydrogen-bond acceptors (Lipinski definition) is 4. The molecule has 3 atom stereocenters. The predicted octanol–water partition coefficient (Wildman–Crippen LogP) is 4.57. The van der Waals surface area contributed by atoms with E-state index >= 15 is 0 Å². The summed E-state index contributed by atoms with van der Waals surface area (Å²) in [6.07, 6.45) is 4.08. The molecule has 2 aromatic carbocycles. The highest BCUT2D eigenvalue weighted by atomic mass is 35.5. The minimum Gasteiger partial charge on any atom is -0.292 e. The number of nitrogens with zero attached hydrogens (tertiary/aromatic N) is 2. The SMILES string of the molecule is C[C@@H]1C=CC[C@H]2C(=O)N(N(CC(=O)c3ccc(F)cc3)C(=O)c3ccc(Cl)c(Cl)c3)C(=O)[C@H]12. The Kier molecular flexibility index (Phi) is 6.36. The summed E-state index contributed by atoms with van der Waals surface area (Å²) in [7, 11) is 0. The normalized spacial score (nSPS) is 21.8. The molecule has 0 radical (unpaired) electrons. The summed E-state index contributed by atoms with van der Waals surface area (Å²) in [5.74, 6) is -4.35. The van der Waals surface area contributed by atoms with Gasteiger partial charge < -0.3 is 0 Å². The number of fused-ring (bicyclic) bond motifs is 1. The second-order valence-electron chi connectivity index (χ2n) is 8.07. The number of ketones is 1. The van der Waals surface area contributed by atoms with Gasteiger partial charge in [0, 0.05) is 11.1 Å². The first-order chi connectivity index (χ1) is 15.7. The van der Waals surface area contributed by atoms with Gasteiger partial charge in [0.05, 0.1) is 21.9 Å². The van der Waals surface area contributed by atoms with Gasteiger partial charge in [-0.15, -0.1) is 0 Å². The van der Waals surface area contributed by atoms with Crippen molar-refractivity contribution in [3.05, 3.63) is 81.6 Å². The number of hydrogen-bond donors (Lipinski definition) is 0. The number of hydrazine groups is 1. The lowest BCUT2D eigenvalue weighted by Gasteiger charge is -2.30. The van der Waals surface area contributed by atoms with Crippen LogP contribution in [0.15, 0.2) is 54.6 Å². The summed E-state index contributed by atoms with van der Waals surface area (Å²) in [4.78, 5) is 52.9. The van der Waals surface area contributed by atoms with Gasteiger partial charge in [-0.1, -0.05) is 42.3 Å². The van der Waals surface area contributed by atoms with Crippen LogP contribution >= 0.6 is 23.2 Å². The number of benzene rings is 2. The Balaban J connectivity index is 1.72. The van der Waals surface area contributed by atoms with E-state index in [1.165, 1.54) is 30.3 Å². The summed E-state index contributed by atoms with van der Waals surface area (Å²) in [6, 6.07) is 8.91. The van der Waals surface area contributed by atoms with Crippen LogP contribution in [0.1, 0.15) is 34.1 Å². The summed E-state index contributed by atoms with van der Waals surface area (Å²) in [5, 5.41) is 1.96. The minimum absolute atomic E-state index is 0.0537. The average Bonchev–Trinajstić information content (AvgIpc) is 3.05. The van der Waals surface area contributed by atoms with Crippen LogP contribution < -0.4 is 0 Å². The molecule has 1 aliphatic carbocycles. The standard InChI is InChI=1S/C24H19Cl2FN2O4/c1-13-3-2-4-17-21(13)24(33)29(23(17)32)28(12-20(30)14-5-8-16(27)9-6-14)22(31)15-7-10-18(25)19(26)11-15/h2-3,5-11,13,17,21H,4,12H2,1H3/t13-,17-,21-/m1/s1. The van der Waals surface area contributed by atoms with E-state index in [9.17, 15) is 23.6 Å². The third kappa shape index (κ3) is 4.30. The fourth-order valence-electron chi connectivity index (χ4n) is 4.24. The maximum Gasteiger partial charge on any atom is 0.273 e. The Morgan fingerprint density at radius 3 is 2.33 bits per heavy atom. The lowest BCUT2D eigenvalue weighted by molar-refractivity contribution is -0.154. The van der Waals surface area contributed by atoms with Gasteiger partial charge in [0.25, 0.3) is 17.7 Å². The Morgan fingerprint density at radius 1 is 1.03 bits per heavy atom. The van der Waals surface area contributed by atoms with Crippen LogP contribution in [0.25, 0.3) is 0 Å². The van der Waals surface area contributed by atoms with Crippen molar-refractivity contribution in [1.29, 1.82) is 0 Å². The molecule has 3 amide bonds. The Bertz CT molecular complexity index is 1180. The number of rotatable bonds is 5. The van der Waals surface area contributed by atoms with E-state index in [4.69, 9.17) is 23.2 Å². The van der Waals surface area contributed by atoms with Crippen LogP contribution in [0.5, 0.6) is 0 Å². The fourth-order valence-corrected chi connectivity index (χ4v) is 4.54. The highest BCUT2D eigenvalue weighted by molar-refractivity contribution is 6.42. The molecule has 1 aliphatic heterocycles. The lowest BCUT2D eigenvalue weighted by atomic mass is 9.78. The van der Waals surface area contributed by atoms with E-state index in [1.807, 2.05) is 19.1 Å². The first-order valence-corrected chi connectivity index (χ1v) is 11.0. The van der Waals surface area contributed by atoms with Crippen LogP contribution in [0.2, 0.25) is 10.0 Å². The Labute approximate surface area is 199 Å². The molecule has 0 aromatic heterocycles. The summed E-state index contributed by atoms with van der Waals surface area (Å²) >= 11 is 12.0. The molecule has 0 saturated carbocycles. The first-order valence-electron chi connectivity index (χ1n) is 10.3. The lowest BCUT2D eigenvalue weighted by Crippen LogP contribution is -2.52.